The van der Waals surface area contributed by atoms with Crippen LogP contribution in [0.15, 0.2) is 24.3 Å². The third-order valence-electron chi connectivity index (χ3n) is 4.74. The van der Waals surface area contributed by atoms with Crippen molar-refractivity contribution in [3.8, 4) is 0 Å². The molecule has 1 atom stereocenters. The fraction of sp³-hybridized carbons (Fsp3) is 0.611. The average molecular weight is 317 g/mol. The van der Waals surface area contributed by atoms with Gasteiger partial charge in [-0.05, 0) is 30.5 Å². The summed E-state index contributed by atoms with van der Waals surface area (Å²) in [5.41, 5.74) is 2.52. The number of rotatable bonds is 5. The van der Waals surface area contributed by atoms with Gasteiger partial charge in [0.05, 0.1) is 19.1 Å². The van der Waals surface area contributed by atoms with Crippen molar-refractivity contribution < 1.29 is 9.53 Å². The van der Waals surface area contributed by atoms with Gasteiger partial charge in [-0.25, -0.2) is 0 Å². The van der Waals surface area contributed by atoms with E-state index in [0.717, 1.165) is 58.8 Å². The summed E-state index contributed by atoms with van der Waals surface area (Å²) in [5, 5.41) is 6.42. The Morgan fingerprint density at radius 2 is 2.04 bits per heavy atom. The fourth-order valence-corrected chi connectivity index (χ4v) is 3.29. The van der Waals surface area contributed by atoms with E-state index in [1.54, 1.807) is 0 Å². The normalized spacial score (nSPS) is 22.7. The van der Waals surface area contributed by atoms with E-state index >= 15 is 0 Å². The molecule has 3 rings (SSSR count). The summed E-state index contributed by atoms with van der Waals surface area (Å²) in [6, 6.07) is 8.41. The zero-order valence-electron chi connectivity index (χ0n) is 13.7. The third-order valence-corrected chi connectivity index (χ3v) is 4.74. The van der Waals surface area contributed by atoms with Crippen molar-refractivity contribution in [2.24, 2.45) is 5.92 Å². The molecule has 2 fully saturated rings. The van der Waals surface area contributed by atoms with E-state index < -0.39 is 0 Å². The van der Waals surface area contributed by atoms with Crippen molar-refractivity contribution in [1.82, 2.24) is 15.5 Å². The Morgan fingerprint density at radius 1 is 1.26 bits per heavy atom. The molecule has 23 heavy (non-hydrogen) atoms. The highest BCUT2D eigenvalue weighted by molar-refractivity contribution is 5.79. The van der Waals surface area contributed by atoms with Crippen LogP contribution in [-0.4, -0.2) is 50.2 Å². The van der Waals surface area contributed by atoms with Crippen LogP contribution in [0.25, 0.3) is 0 Å². The number of nitrogens with one attached hydrogen (secondary N) is 2. The molecule has 0 aromatic heterocycles. The van der Waals surface area contributed by atoms with E-state index in [1.165, 1.54) is 11.1 Å². The van der Waals surface area contributed by atoms with Crippen LogP contribution in [0.1, 0.15) is 24.0 Å². The Labute approximate surface area is 138 Å². The van der Waals surface area contributed by atoms with Crippen LogP contribution in [0.5, 0.6) is 0 Å². The van der Waals surface area contributed by atoms with Crippen molar-refractivity contribution in [3.63, 3.8) is 0 Å². The predicted molar refractivity (Wildman–Crippen MR) is 90.0 cm³/mol. The first-order valence-electron chi connectivity index (χ1n) is 8.68. The monoisotopic (exact) mass is 317 g/mol. The molecule has 0 radical (unpaired) electrons. The molecule has 126 valence electrons. The molecule has 2 aliphatic heterocycles. The summed E-state index contributed by atoms with van der Waals surface area (Å²) >= 11 is 0. The van der Waals surface area contributed by atoms with Crippen LogP contribution >= 0.6 is 0 Å². The number of carbonyl (C=O) groups excluding carboxylic acids is 1. The highest BCUT2D eigenvalue weighted by atomic mass is 16.5. The Bertz CT molecular complexity index is 509. The molecular weight excluding hydrogens is 290 g/mol. The van der Waals surface area contributed by atoms with Gasteiger partial charge in [0.15, 0.2) is 0 Å². The van der Waals surface area contributed by atoms with Crippen LogP contribution in [0.4, 0.5) is 0 Å². The number of morpholine rings is 1. The summed E-state index contributed by atoms with van der Waals surface area (Å²) in [6.45, 7) is 6.98. The van der Waals surface area contributed by atoms with E-state index in [9.17, 15) is 4.79 Å². The predicted octanol–water partition coefficient (Wildman–Crippen LogP) is 1.13. The molecule has 5 nitrogen and oxygen atoms in total. The molecule has 2 N–H and O–H groups in total. The van der Waals surface area contributed by atoms with Gasteiger partial charge in [0.25, 0.3) is 0 Å². The van der Waals surface area contributed by atoms with Gasteiger partial charge in [-0.3, -0.25) is 9.69 Å². The summed E-state index contributed by atoms with van der Waals surface area (Å²) in [5.74, 6) is 0.300. The first-order chi connectivity index (χ1) is 11.3. The van der Waals surface area contributed by atoms with E-state index in [0.29, 0.717) is 6.54 Å². The second-order valence-electron chi connectivity index (χ2n) is 6.42. The number of hydrogen-bond acceptors (Lipinski definition) is 4. The molecule has 2 saturated heterocycles. The molecule has 0 spiro atoms. The zero-order valence-corrected chi connectivity index (χ0v) is 13.7. The molecule has 1 aromatic rings. The van der Waals surface area contributed by atoms with Crippen LogP contribution in [0.2, 0.25) is 0 Å². The van der Waals surface area contributed by atoms with E-state index in [2.05, 4.69) is 33.7 Å². The van der Waals surface area contributed by atoms with Gasteiger partial charge in [0, 0.05) is 32.7 Å². The first kappa shape index (κ1) is 16.4. The van der Waals surface area contributed by atoms with E-state index in [1.807, 2.05) is 6.07 Å². The highest BCUT2D eigenvalue weighted by Crippen LogP contribution is 2.14. The summed E-state index contributed by atoms with van der Waals surface area (Å²) in [6.07, 6.45) is 2.08. The SMILES string of the molecule is O=C(NCc1ccccc1CN1CCOCC1)C1CCCNC1. The van der Waals surface area contributed by atoms with Crippen molar-refractivity contribution >= 4 is 5.91 Å². The molecule has 2 aliphatic rings. The van der Waals surface area contributed by atoms with Crippen molar-refractivity contribution in [3.05, 3.63) is 35.4 Å². The molecule has 1 amide bonds. The lowest BCUT2D eigenvalue weighted by Crippen LogP contribution is -2.40. The third kappa shape index (κ3) is 4.77. The van der Waals surface area contributed by atoms with Crippen molar-refractivity contribution in [1.29, 1.82) is 0 Å². The minimum absolute atomic E-state index is 0.121. The van der Waals surface area contributed by atoms with Crippen LogP contribution < -0.4 is 10.6 Å². The molecule has 0 saturated carbocycles. The summed E-state index contributed by atoms with van der Waals surface area (Å²) in [4.78, 5) is 14.7. The maximum atomic E-state index is 12.3. The molecule has 2 heterocycles. The van der Waals surface area contributed by atoms with Gasteiger partial charge in [0.2, 0.25) is 5.91 Å². The van der Waals surface area contributed by atoms with Gasteiger partial charge in [-0.15, -0.1) is 0 Å². The Kier molecular flexibility index (Phi) is 6.02. The number of benzene rings is 1. The maximum absolute atomic E-state index is 12.3. The lowest BCUT2D eigenvalue weighted by molar-refractivity contribution is -0.125. The van der Waals surface area contributed by atoms with Gasteiger partial charge in [-0.1, -0.05) is 24.3 Å². The minimum atomic E-state index is 0.121. The second kappa shape index (κ2) is 8.43. The Morgan fingerprint density at radius 3 is 2.78 bits per heavy atom. The first-order valence-corrected chi connectivity index (χ1v) is 8.68. The summed E-state index contributed by atoms with van der Waals surface area (Å²) in [7, 11) is 0. The van der Waals surface area contributed by atoms with Crippen molar-refractivity contribution in [2.45, 2.75) is 25.9 Å². The van der Waals surface area contributed by atoms with Gasteiger partial charge in [-0.2, -0.15) is 0 Å². The quantitative estimate of drug-likeness (QED) is 0.855. The number of ether oxygens (including phenoxy) is 1. The van der Waals surface area contributed by atoms with Crippen LogP contribution in [0.3, 0.4) is 0 Å². The lowest BCUT2D eigenvalue weighted by Gasteiger charge is -2.27. The fourth-order valence-electron chi connectivity index (χ4n) is 3.29. The highest BCUT2D eigenvalue weighted by Gasteiger charge is 2.20. The minimum Gasteiger partial charge on any atom is -0.379 e. The molecule has 5 heteroatoms. The average Bonchev–Trinajstić information content (AvgIpc) is 2.62. The number of piperidine rings is 1. The Balaban J connectivity index is 1.55. The van der Waals surface area contributed by atoms with Gasteiger partial charge < -0.3 is 15.4 Å². The van der Waals surface area contributed by atoms with Crippen molar-refractivity contribution in [2.75, 3.05) is 39.4 Å². The number of nitrogens with zero attached hydrogens (tertiary/aromatic N) is 1. The lowest BCUT2D eigenvalue weighted by atomic mass is 9.98. The van der Waals surface area contributed by atoms with Gasteiger partial charge in [0.1, 0.15) is 0 Å². The molecular formula is C18H27N3O2. The molecule has 1 unspecified atom stereocenters. The van der Waals surface area contributed by atoms with E-state index in [4.69, 9.17) is 4.74 Å². The van der Waals surface area contributed by atoms with Crippen LogP contribution in [0, 0.1) is 5.92 Å². The molecule has 0 bridgehead atoms. The standard InChI is InChI=1S/C18H27N3O2/c22-18(16-6-3-7-19-12-16)20-13-15-4-1-2-5-17(15)14-21-8-10-23-11-9-21/h1-2,4-5,16,19H,3,6-14H2,(H,20,22). The van der Waals surface area contributed by atoms with E-state index in [-0.39, 0.29) is 11.8 Å². The Hall–Kier alpha value is -1.43. The molecule has 1 aromatic carbocycles. The van der Waals surface area contributed by atoms with Gasteiger partial charge >= 0.3 is 0 Å². The molecule has 0 aliphatic carbocycles. The second-order valence-corrected chi connectivity index (χ2v) is 6.42. The maximum Gasteiger partial charge on any atom is 0.224 e. The summed E-state index contributed by atoms with van der Waals surface area (Å²) < 4.78 is 5.41. The topological polar surface area (TPSA) is 53.6 Å². The largest absolute Gasteiger partial charge is 0.379 e. The zero-order chi connectivity index (χ0) is 15.9. The smallest absolute Gasteiger partial charge is 0.224 e. The number of hydrogen-bond donors (Lipinski definition) is 2. The number of amides is 1. The van der Waals surface area contributed by atoms with Crippen LogP contribution in [-0.2, 0) is 22.6 Å². The number of carbonyl (C=O) groups is 1.